The fraction of sp³-hybridized carbons (Fsp3) is 0.630. The van der Waals surface area contributed by atoms with Crippen molar-refractivity contribution in [1.82, 2.24) is 0 Å². The van der Waals surface area contributed by atoms with E-state index in [1.807, 2.05) is 31.1 Å². The van der Waals surface area contributed by atoms with Crippen LogP contribution in [-0.2, 0) is 9.53 Å². The molecule has 0 saturated carbocycles. The van der Waals surface area contributed by atoms with Gasteiger partial charge in [0, 0.05) is 26.2 Å². The molecule has 0 atom stereocenters. The Morgan fingerprint density at radius 1 is 0.774 bits per heavy atom. The average molecular weight is 430 g/mol. The molecule has 0 N–H and O–H groups in total. The van der Waals surface area contributed by atoms with E-state index >= 15 is 0 Å². The van der Waals surface area contributed by atoms with Crippen LogP contribution in [0.15, 0.2) is 36.4 Å². The summed E-state index contributed by atoms with van der Waals surface area (Å²) in [6.07, 6.45) is 20.8. The van der Waals surface area contributed by atoms with Gasteiger partial charge in [-0.2, -0.15) is 0 Å². The van der Waals surface area contributed by atoms with Gasteiger partial charge in [0.2, 0.25) is 0 Å². The highest BCUT2D eigenvalue weighted by Crippen LogP contribution is 2.14. The van der Waals surface area contributed by atoms with Gasteiger partial charge >= 0.3 is 11.9 Å². The summed E-state index contributed by atoms with van der Waals surface area (Å²) in [6.45, 7) is 2.26. The third kappa shape index (κ3) is 13.7. The van der Waals surface area contributed by atoms with Gasteiger partial charge in [-0.1, -0.05) is 70.4 Å². The second kappa shape index (κ2) is 17.6. The number of hydrogen-bond acceptors (Lipinski definition) is 4. The Kier molecular flexibility index (Phi) is 15.3. The van der Waals surface area contributed by atoms with Crippen molar-refractivity contribution in [1.29, 1.82) is 0 Å². The van der Waals surface area contributed by atoms with E-state index in [9.17, 15) is 9.59 Å². The van der Waals surface area contributed by atoms with Crippen LogP contribution >= 0.6 is 0 Å². The van der Waals surface area contributed by atoms with Crippen LogP contribution in [0.1, 0.15) is 107 Å². The van der Waals surface area contributed by atoms with Crippen molar-refractivity contribution in [2.75, 3.05) is 19.0 Å². The molecule has 1 aromatic rings. The first kappa shape index (κ1) is 26.9. The quantitative estimate of drug-likeness (QED) is 0.111. The largest absolute Gasteiger partial charge is 0.389 e. The van der Waals surface area contributed by atoms with E-state index in [2.05, 4.69) is 19.1 Å². The molecular weight excluding hydrogens is 386 g/mol. The second-order valence-corrected chi connectivity index (χ2v) is 8.54. The summed E-state index contributed by atoms with van der Waals surface area (Å²) in [7, 11) is 3.87. The molecular formula is C27H43NO3. The van der Waals surface area contributed by atoms with Crippen LogP contribution in [0.5, 0.6) is 0 Å². The number of nitrogens with zero attached hydrogens (tertiary/aromatic N) is 1. The van der Waals surface area contributed by atoms with Crippen molar-refractivity contribution >= 4 is 17.6 Å². The van der Waals surface area contributed by atoms with Gasteiger partial charge in [-0.3, -0.25) is 4.79 Å². The number of unbranched alkanes of at least 4 members (excludes halogenated alkanes) is 11. The molecule has 0 aliphatic rings. The maximum Gasteiger partial charge on any atom is 0.345 e. The Hall–Kier alpha value is -2.10. The van der Waals surface area contributed by atoms with E-state index < -0.39 is 11.9 Å². The summed E-state index contributed by atoms with van der Waals surface area (Å²) < 4.78 is 4.96. The van der Waals surface area contributed by atoms with E-state index in [4.69, 9.17) is 4.74 Å². The third-order valence-corrected chi connectivity index (χ3v) is 5.47. The van der Waals surface area contributed by atoms with Gasteiger partial charge in [0.15, 0.2) is 0 Å². The van der Waals surface area contributed by atoms with E-state index in [1.165, 1.54) is 57.8 Å². The summed E-state index contributed by atoms with van der Waals surface area (Å²) in [5.41, 5.74) is 1.40. The van der Waals surface area contributed by atoms with Crippen molar-refractivity contribution in [2.24, 2.45) is 0 Å². The molecule has 0 unspecified atom stereocenters. The first-order valence-corrected chi connectivity index (χ1v) is 12.2. The summed E-state index contributed by atoms with van der Waals surface area (Å²) in [5.74, 6) is -0.998. The SMILES string of the molecule is CCCCCCCC/C=C\CCCCCCCC(=O)OC(=O)c1ccc(N(C)C)cc1. The number of rotatable bonds is 17. The zero-order valence-electron chi connectivity index (χ0n) is 20.0. The topological polar surface area (TPSA) is 46.6 Å². The number of allylic oxidation sites excluding steroid dienone is 2. The van der Waals surface area contributed by atoms with Gasteiger partial charge in [-0.05, 0) is 56.4 Å². The van der Waals surface area contributed by atoms with Gasteiger partial charge < -0.3 is 9.64 Å². The number of esters is 2. The van der Waals surface area contributed by atoms with E-state index in [0.29, 0.717) is 12.0 Å². The number of benzene rings is 1. The number of anilines is 1. The Morgan fingerprint density at radius 2 is 1.29 bits per heavy atom. The molecule has 0 saturated heterocycles. The molecule has 0 radical (unpaired) electrons. The van der Waals surface area contributed by atoms with E-state index in [0.717, 1.165) is 31.4 Å². The van der Waals surface area contributed by atoms with Crippen molar-refractivity contribution in [3.63, 3.8) is 0 Å². The first-order valence-electron chi connectivity index (χ1n) is 12.2. The number of carbonyl (C=O) groups excluding carboxylic acids is 2. The van der Waals surface area contributed by atoms with Gasteiger partial charge in [-0.25, -0.2) is 4.79 Å². The van der Waals surface area contributed by atoms with Crippen molar-refractivity contribution in [3.05, 3.63) is 42.0 Å². The maximum atomic E-state index is 12.0. The molecule has 1 rings (SSSR count). The normalized spacial score (nSPS) is 11.1. The first-order chi connectivity index (χ1) is 15.0. The predicted molar refractivity (Wildman–Crippen MR) is 131 cm³/mol. The molecule has 174 valence electrons. The Labute approximate surface area is 190 Å². The number of hydrogen-bond donors (Lipinski definition) is 0. The van der Waals surface area contributed by atoms with Crippen molar-refractivity contribution < 1.29 is 14.3 Å². The fourth-order valence-electron chi connectivity index (χ4n) is 3.45. The lowest BCUT2D eigenvalue weighted by molar-refractivity contribution is -0.138. The Morgan fingerprint density at radius 3 is 1.84 bits per heavy atom. The lowest BCUT2D eigenvalue weighted by Crippen LogP contribution is -2.13. The van der Waals surface area contributed by atoms with Crippen LogP contribution < -0.4 is 4.90 Å². The molecule has 31 heavy (non-hydrogen) atoms. The summed E-state index contributed by atoms with van der Waals surface area (Å²) >= 11 is 0. The summed E-state index contributed by atoms with van der Waals surface area (Å²) in [6, 6.07) is 7.05. The zero-order chi connectivity index (χ0) is 22.7. The van der Waals surface area contributed by atoms with Crippen LogP contribution in [0.3, 0.4) is 0 Å². The van der Waals surface area contributed by atoms with Gasteiger partial charge in [-0.15, -0.1) is 0 Å². The van der Waals surface area contributed by atoms with Crippen molar-refractivity contribution in [3.8, 4) is 0 Å². The lowest BCUT2D eigenvalue weighted by Gasteiger charge is -2.12. The predicted octanol–water partition coefficient (Wildman–Crippen LogP) is 7.47. The van der Waals surface area contributed by atoms with Crippen LogP contribution in [0.4, 0.5) is 5.69 Å². The highest BCUT2D eigenvalue weighted by Gasteiger charge is 2.12. The second-order valence-electron chi connectivity index (χ2n) is 8.54. The third-order valence-electron chi connectivity index (χ3n) is 5.47. The van der Waals surface area contributed by atoms with Gasteiger partial charge in [0.05, 0.1) is 5.56 Å². The van der Waals surface area contributed by atoms with Crippen LogP contribution in [0, 0.1) is 0 Å². The molecule has 1 aromatic carbocycles. The minimum Gasteiger partial charge on any atom is -0.389 e. The van der Waals surface area contributed by atoms with E-state index in [-0.39, 0.29) is 0 Å². The van der Waals surface area contributed by atoms with Crippen LogP contribution in [0.2, 0.25) is 0 Å². The summed E-state index contributed by atoms with van der Waals surface area (Å²) in [4.78, 5) is 25.9. The molecule has 0 aliphatic heterocycles. The lowest BCUT2D eigenvalue weighted by atomic mass is 10.1. The molecule has 0 fully saturated rings. The molecule has 4 heteroatoms. The van der Waals surface area contributed by atoms with Gasteiger partial charge in [0.1, 0.15) is 0 Å². The molecule has 0 spiro atoms. The highest BCUT2D eigenvalue weighted by atomic mass is 16.6. The Balaban J connectivity index is 1.98. The van der Waals surface area contributed by atoms with E-state index in [1.54, 1.807) is 12.1 Å². The smallest absolute Gasteiger partial charge is 0.345 e. The van der Waals surface area contributed by atoms with Gasteiger partial charge in [0.25, 0.3) is 0 Å². The standard InChI is InChI=1S/C27H43NO3/c1-4-5-6-7-8-9-10-11-12-13-14-15-16-17-18-19-26(29)31-27(30)24-20-22-25(23-21-24)28(2)3/h11-12,20-23H,4-10,13-19H2,1-3H3/b12-11-. The molecule has 0 amide bonds. The number of ether oxygens (including phenoxy) is 1. The summed E-state index contributed by atoms with van der Waals surface area (Å²) in [5, 5.41) is 0. The molecule has 0 aromatic heterocycles. The molecule has 4 nitrogen and oxygen atoms in total. The van der Waals surface area contributed by atoms with Crippen LogP contribution in [-0.4, -0.2) is 26.0 Å². The molecule has 0 bridgehead atoms. The maximum absolute atomic E-state index is 12.0. The average Bonchev–Trinajstić information content (AvgIpc) is 2.76. The fourth-order valence-corrected chi connectivity index (χ4v) is 3.45. The number of carbonyl (C=O) groups is 2. The molecule has 0 aliphatic carbocycles. The Bertz CT molecular complexity index is 634. The highest BCUT2D eigenvalue weighted by molar-refractivity contribution is 5.97. The molecule has 0 heterocycles. The monoisotopic (exact) mass is 429 g/mol. The zero-order valence-corrected chi connectivity index (χ0v) is 20.0. The van der Waals surface area contributed by atoms with Crippen molar-refractivity contribution in [2.45, 2.75) is 96.8 Å². The van der Waals surface area contributed by atoms with Crippen LogP contribution in [0.25, 0.3) is 0 Å². The minimum atomic E-state index is -0.567. The minimum absolute atomic E-state index is 0.305.